The fourth-order valence-electron chi connectivity index (χ4n) is 3.31. The maximum absolute atomic E-state index is 12.9. The summed E-state index contributed by atoms with van der Waals surface area (Å²) in [4.78, 5) is 27.6. The summed E-state index contributed by atoms with van der Waals surface area (Å²) in [6.45, 7) is 7.76. The number of aryl methyl sites for hydroxylation is 2. The second kappa shape index (κ2) is 9.11. The van der Waals surface area contributed by atoms with Gasteiger partial charge in [0.15, 0.2) is 11.5 Å². The van der Waals surface area contributed by atoms with Gasteiger partial charge in [0.2, 0.25) is 15.9 Å². The number of carbonyl (C=O) groups is 1. The number of aromatic nitrogens is 1. The zero-order valence-electron chi connectivity index (χ0n) is 17.9. The molecule has 0 unspecified atom stereocenters. The molecule has 3 N–H and O–H groups in total. The van der Waals surface area contributed by atoms with E-state index in [1.54, 1.807) is 27.7 Å². The van der Waals surface area contributed by atoms with E-state index in [9.17, 15) is 18.0 Å². The highest BCUT2D eigenvalue weighted by molar-refractivity contribution is 7.89. The number of hydrogen-bond acceptors (Lipinski definition) is 6. The number of sulfonamides is 1. The van der Waals surface area contributed by atoms with Crippen LogP contribution in [-0.4, -0.2) is 38.6 Å². The fourth-order valence-corrected chi connectivity index (χ4v) is 4.66. The van der Waals surface area contributed by atoms with Crippen molar-refractivity contribution >= 4 is 15.9 Å². The van der Waals surface area contributed by atoms with Crippen LogP contribution in [0.4, 0.5) is 0 Å². The number of rotatable bonds is 7. The van der Waals surface area contributed by atoms with E-state index in [1.165, 1.54) is 18.2 Å². The first-order chi connectivity index (χ1) is 14.6. The third-order valence-electron chi connectivity index (χ3n) is 4.99. The van der Waals surface area contributed by atoms with Crippen LogP contribution in [0.25, 0.3) is 0 Å². The summed E-state index contributed by atoms with van der Waals surface area (Å²) < 4.78 is 39.2. The number of carbonyl (C=O) groups excluding carboxylic acids is 1. The molecule has 10 heteroatoms. The smallest absolute Gasteiger partial charge is 0.253 e. The van der Waals surface area contributed by atoms with Crippen LogP contribution in [0.3, 0.4) is 0 Å². The molecule has 1 atom stereocenters. The maximum Gasteiger partial charge on any atom is 0.253 e. The number of hydrogen-bond donors (Lipinski definition) is 3. The Kier molecular flexibility index (Phi) is 6.71. The highest BCUT2D eigenvalue weighted by Crippen LogP contribution is 2.32. The molecule has 9 nitrogen and oxygen atoms in total. The third-order valence-corrected chi connectivity index (χ3v) is 6.43. The van der Waals surface area contributed by atoms with Crippen molar-refractivity contribution in [2.45, 2.75) is 45.2 Å². The number of aromatic amines is 1. The van der Waals surface area contributed by atoms with E-state index in [2.05, 4.69) is 15.0 Å². The highest BCUT2D eigenvalue weighted by Gasteiger charge is 2.29. The molecule has 0 saturated carbocycles. The van der Waals surface area contributed by atoms with Crippen LogP contribution >= 0.6 is 0 Å². The van der Waals surface area contributed by atoms with Crippen molar-refractivity contribution < 1.29 is 22.7 Å². The van der Waals surface area contributed by atoms with Crippen molar-refractivity contribution in [2.24, 2.45) is 5.92 Å². The molecule has 0 fully saturated rings. The van der Waals surface area contributed by atoms with E-state index in [0.717, 1.165) is 11.3 Å². The first kappa shape index (κ1) is 22.8. The lowest BCUT2D eigenvalue weighted by molar-refractivity contribution is -0.123. The Morgan fingerprint density at radius 1 is 1.13 bits per heavy atom. The predicted octanol–water partition coefficient (Wildman–Crippen LogP) is 1.38. The minimum atomic E-state index is -4.00. The van der Waals surface area contributed by atoms with E-state index in [4.69, 9.17) is 9.47 Å². The van der Waals surface area contributed by atoms with Gasteiger partial charge in [-0.15, -0.1) is 0 Å². The zero-order chi connectivity index (χ0) is 22.8. The monoisotopic (exact) mass is 449 g/mol. The Morgan fingerprint density at radius 3 is 2.45 bits per heavy atom. The summed E-state index contributed by atoms with van der Waals surface area (Å²) in [5, 5.41) is 2.67. The fraction of sp³-hybridized carbons (Fsp3) is 0.429. The quantitative estimate of drug-likeness (QED) is 0.586. The van der Waals surface area contributed by atoms with Gasteiger partial charge in [0.25, 0.3) is 5.56 Å². The van der Waals surface area contributed by atoms with Gasteiger partial charge in [-0.05, 0) is 43.5 Å². The summed E-state index contributed by atoms with van der Waals surface area (Å²) in [6.07, 6.45) is 0. The van der Waals surface area contributed by atoms with Gasteiger partial charge in [-0.1, -0.05) is 13.8 Å². The van der Waals surface area contributed by atoms with E-state index in [-0.39, 0.29) is 22.9 Å². The van der Waals surface area contributed by atoms with Crippen LogP contribution in [0, 0.1) is 19.8 Å². The van der Waals surface area contributed by atoms with E-state index in [0.29, 0.717) is 30.3 Å². The molecular weight excluding hydrogens is 422 g/mol. The van der Waals surface area contributed by atoms with Crippen molar-refractivity contribution in [2.75, 3.05) is 13.2 Å². The molecule has 0 aliphatic carbocycles. The molecule has 1 amide bonds. The van der Waals surface area contributed by atoms with Gasteiger partial charge in [-0.25, -0.2) is 8.42 Å². The average molecular weight is 450 g/mol. The van der Waals surface area contributed by atoms with E-state index >= 15 is 0 Å². The number of H-pyrrole nitrogens is 1. The van der Waals surface area contributed by atoms with Crippen LogP contribution in [0.2, 0.25) is 0 Å². The van der Waals surface area contributed by atoms with Crippen LogP contribution in [-0.2, 0) is 21.4 Å². The number of fused-ring (bicyclic) bond motifs is 1. The largest absolute Gasteiger partial charge is 0.486 e. The normalized spacial score (nSPS) is 14.4. The molecule has 0 spiro atoms. The van der Waals surface area contributed by atoms with Gasteiger partial charge in [0.05, 0.1) is 4.90 Å². The van der Waals surface area contributed by atoms with Crippen molar-refractivity contribution in [3.05, 3.63) is 51.4 Å². The summed E-state index contributed by atoms with van der Waals surface area (Å²) in [5.41, 5.74) is 1.62. The van der Waals surface area contributed by atoms with E-state index < -0.39 is 22.0 Å². The molecule has 1 aliphatic rings. The van der Waals surface area contributed by atoms with Crippen molar-refractivity contribution in [3.8, 4) is 11.5 Å². The lowest BCUT2D eigenvalue weighted by Gasteiger charge is -2.23. The maximum atomic E-state index is 12.9. The van der Waals surface area contributed by atoms with Crippen LogP contribution in [0.5, 0.6) is 11.5 Å². The Bertz CT molecular complexity index is 1140. The second-order valence-corrected chi connectivity index (χ2v) is 9.52. The Labute approximate surface area is 181 Å². The Balaban J connectivity index is 1.76. The van der Waals surface area contributed by atoms with Gasteiger partial charge in [0, 0.05) is 23.9 Å². The van der Waals surface area contributed by atoms with Gasteiger partial charge in [-0.3, -0.25) is 9.59 Å². The highest BCUT2D eigenvalue weighted by atomic mass is 32.2. The molecule has 31 heavy (non-hydrogen) atoms. The molecule has 2 heterocycles. The molecule has 168 valence electrons. The molecule has 1 aromatic carbocycles. The topological polar surface area (TPSA) is 127 Å². The molecule has 0 radical (unpaired) electrons. The first-order valence-electron chi connectivity index (χ1n) is 9.97. The lowest BCUT2D eigenvalue weighted by atomic mass is 10.0. The third kappa shape index (κ3) is 5.26. The van der Waals surface area contributed by atoms with Gasteiger partial charge in [-0.2, -0.15) is 4.72 Å². The van der Waals surface area contributed by atoms with Crippen LogP contribution < -0.4 is 25.1 Å². The summed E-state index contributed by atoms with van der Waals surface area (Å²) in [7, 11) is -4.00. The number of ether oxygens (including phenoxy) is 2. The molecular formula is C21H27N3O6S. The molecule has 0 bridgehead atoms. The molecule has 1 aliphatic heterocycles. The molecule has 2 aromatic rings. The van der Waals surface area contributed by atoms with Gasteiger partial charge >= 0.3 is 0 Å². The Morgan fingerprint density at radius 2 is 1.81 bits per heavy atom. The van der Waals surface area contributed by atoms with E-state index in [1.807, 2.05) is 6.07 Å². The van der Waals surface area contributed by atoms with Crippen molar-refractivity contribution in [1.29, 1.82) is 0 Å². The second-order valence-electron chi connectivity index (χ2n) is 7.81. The predicted molar refractivity (Wildman–Crippen MR) is 115 cm³/mol. The molecule has 3 rings (SSSR count). The van der Waals surface area contributed by atoms with Crippen LogP contribution in [0.15, 0.2) is 34.0 Å². The minimum absolute atomic E-state index is 0.00471. The minimum Gasteiger partial charge on any atom is -0.486 e. The number of amides is 1. The summed E-state index contributed by atoms with van der Waals surface area (Å²) >= 11 is 0. The number of pyridine rings is 1. The van der Waals surface area contributed by atoms with Crippen LogP contribution in [0.1, 0.15) is 30.7 Å². The lowest BCUT2D eigenvalue weighted by Crippen LogP contribution is -2.49. The molecule has 1 aromatic heterocycles. The summed E-state index contributed by atoms with van der Waals surface area (Å²) in [5.74, 6) is -0.0318. The SMILES string of the molecule is Cc1cc(C)c(CNC(=O)[C@H](NS(=O)(=O)c2ccc3c(c2)OCCO3)C(C)C)c(=O)[nH]1. The first-order valence-corrected chi connectivity index (χ1v) is 11.5. The number of benzene rings is 1. The Hall–Kier alpha value is -2.85. The number of nitrogens with one attached hydrogen (secondary N) is 3. The van der Waals surface area contributed by atoms with Crippen molar-refractivity contribution in [1.82, 2.24) is 15.0 Å². The average Bonchev–Trinajstić information content (AvgIpc) is 2.70. The molecule has 0 saturated heterocycles. The summed E-state index contributed by atoms with van der Waals surface area (Å²) in [6, 6.07) is 5.10. The zero-order valence-corrected chi connectivity index (χ0v) is 18.8. The van der Waals surface area contributed by atoms with Gasteiger partial charge in [0.1, 0.15) is 19.3 Å². The van der Waals surface area contributed by atoms with Gasteiger partial charge < -0.3 is 19.8 Å². The standard InChI is InChI=1S/C21H27N3O6S/c1-12(2)19(21(26)22-11-16-13(3)9-14(4)23-20(16)25)24-31(27,28)15-5-6-17-18(10-15)30-8-7-29-17/h5-6,9-10,12,19,24H,7-8,11H2,1-4H3,(H,22,26)(H,23,25)/t19-/m1/s1. The van der Waals surface area contributed by atoms with Crippen molar-refractivity contribution in [3.63, 3.8) is 0 Å².